The van der Waals surface area contributed by atoms with Crippen molar-refractivity contribution in [3.05, 3.63) is 24.3 Å². The first-order valence-electron chi connectivity index (χ1n) is 8.13. The summed E-state index contributed by atoms with van der Waals surface area (Å²) in [5, 5.41) is 4.83. The molecule has 0 aliphatic carbocycles. The van der Waals surface area contributed by atoms with Gasteiger partial charge in [0.15, 0.2) is 0 Å². The summed E-state index contributed by atoms with van der Waals surface area (Å²) in [5.74, 6) is 0.224. The maximum absolute atomic E-state index is 12.8. The maximum Gasteiger partial charge on any atom is 0.322 e. The second-order valence-electron chi connectivity index (χ2n) is 6.53. The molecule has 0 radical (unpaired) electrons. The highest BCUT2D eigenvalue weighted by Gasteiger charge is 2.49. The van der Waals surface area contributed by atoms with Gasteiger partial charge in [-0.15, -0.1) is 0 Å². The van der Waals surface area contributed by atoms with Crippen LogP contribution in [0.5, 0.6) is 5.75 Å². The summed E-state index contributed by atoms with van der Waals surface area (Å²) < 4.78 is 32.4. The summed E-state index contributed by atoms with van der Waals surface area (Å²) in [7, 11) is -3.65. The van der Waals surface area contributed by atoms with Gasteiger partial charge in [0.2, 0.25) is 10.0 Å². The van der Waals surface area contributed by atoms with Crippen LogP contribution in [0.4, 0.5) is 4.79 Å². The van der Waals surface area contributed by atoms with Gasteiger partial charge in [-0.2, -0.15) is 4.31 Å². The third-order valence-corrected chi connectivity index (χ3v) is 6.34. The lowest BCUT2D eigenvalue weighted by Crippen LogP contribution is -2.55. The van der Waals surface area contributed by atoms with Crippen LogP contribution in [-0.4, -0.2) is 49.4 Å². The van der Waals surface area contributed by atoms with Crippen LogP contribution in [0.25, 0.3) is 0 Å². The van der Waals surface area contributed by atoms with Crippen molar-refractivity contribution in [1.82, 2.24) is 14.9 Å². The van der Waals surface area contributed by atoms with Crippen LogP contribution in [0.3, 0.4) is 0 Å². The minimum absolute atomic E-state index is 0.00788. The fourth-order valence-electron chi connectivity index (χ4n) is 3.10. The Morgan fingerprint density at radius 3 is 2.20 bits per heavy atom. The summed E-state index contributed by atoms with van der Waals surface area (Å²) in [4.78, 5) is 23.5. The van der Waals surface area contributed by atoms with Crippen molar-refractivity contribution in [2.75, 3.05) is 13.1 Å². The summed E-state index contributed by atoms with van der Waals surface area (Å²) in [5.41, 5.74) is -0.988. The van der Waals surface area contributed by atoms with E-state index in [0.717, 1.165) is 0 Å². The molecule has 25 heavy (non-hydrogen) atoms. The fraction of sp³-hybridized carbons (Fsp3) is 0.500. The fourth-order valence-corrected chi connectivity index (χ4v) is 4.54. The molecular formula is C16H21N3O5S. The molecule has 0 bridgehead atoms. The molecule has 8 nitrogen and oxygen atoms in total. The first kappa shape index (κ1) is 17.7. The Bertz CT molecular complexity index is 780. The lowest BCUT2D eigenvalue weighted by molar-refractivity contribution is -0.125. The van der Waals surface area contributed by atoms with Crippen LogP contribution in [0.15, 0.2) is 29.2 Å². The number of piperidine rings is 1. The number of rotatable bonds is 4. The van der Waals surface area contributed by atoms with Crippen molar-refractivity contribution >= 4 is 22.0 Å². The zero-order chi connectivity index (χ0) is 18.2. The maximum atomic E-state index is 12.8. The molecule has 2 aliphatic rings. The van der Waals surface area contributed by atoms with Crippen LogP contribution >= 0.6 is 0 Å². The van der Waals surface area contributed by atoms with Crippen LogP contribution in [0.2, 0.25) is 0 Å². The molecule has 0 atom stereocenters. The number of sulfonamides is 1. The summed E-state index contributed by atoms with van der Waals surface area (Å²) in [6.07, 6.45) is 0.505. The number of ether oxygens (including phenoxy) is 1. The molecule has 2 aliphatic heterocycles. The Kier molecular flexibility index (Phi) is 4.46. The van der Waals surface area contributed by atoms with Crippen molar-refractivity contribution in [2.24, 2.45) is 0 Å². The Balaban J connectivity index is 1.72. The second-order valence-corrected chi connectivity index (χ2v) is 8.47. The van der Waals surface area contributed by atoms with Gasteiger partial charge >= 0.3 is 6.03 Å². The van der Waals surface area contributed by atoms with Gasteiger partial charge in [0.05, 0.1) is 11.0 Å². The molecular weight excluding hydrogens is 346 g/mol. The molecule has 2 N–H and O–H groups in total. The van der Waals surface area contributed by atoms with E-state index in [0.29, 0.717) is 5.75 Å². The predicted molar refractivity (Wildman–Crippen MR) is 89.6 cm³/mol. The SMILES string of the molecule is CC(C)Oc1ccc(S(=O)(=O)N2CCC3(CC2)NC(=O)NC3=O)cc1. The number of carbonyl (C=O) groups excluding carboxylic acids is 2. The lowest BCUT2D eigenvalue weighted by atomic mass is 9.89. The molecule has 2 heterocycles. The monoisotopic (exact) mass is 367 g/mol. The molecule has 1 aromatic rings. The van der Waals surface area contributed by atoms with E-state index in [9.17, 15) is 18.0 Å². The molecule has 0 saturated carbocycles. The van der Waals surface area contributed by atoms with Crippen molar-refractivity contribution in [1.29, 1.82) is 0 Å². The molecule has 2 fully saturated rings. The zero-order valence-electron chi connectivity index (χ0n) is 14.1. The van der Waals surface area contributed by atoms with Crippen LogP contribution < -0.4 is 15.4 Å². The van der Waals surface area contributed by atoms with Crippen LogP contribution in [0.1, 0.15) is 26.7 Å². The summed E-state index contributed by atoms with van der Waals surface area (Å²) in [6, 6.07) is 5.76. The van der Waals surface area contributed by atoms with E-state index in [2.05, 4.69) is 10.6 Å². The Morgan fingerprint density at radius 2 is 1.72 bits per heavy atom. The highest BCUT2D eigenvalue weighted by atomic mass is 32.2. The minimum Gasteiger partial charge on any atom is -0.491 e. The van der Waals surface area contributed by atoms with E-state index < -0.39 is 21.6 Å². The molecule has 2 saturated heterocycles. The minimum atomic E-state index is -3.65. The molecule has 1 spiro atoms. The number of hydrogen-bond donors (Lipinski definition) is 2. The molecule has 9 heteroatoms. The molecule has 136 valence electrons. The zero-order valence-corrected chi connectivity index (χ0v) is 14.9. The number of urea groups is 1. The van der Waals surface area contributed by atoms with Gasteiger partial charge < -0.3 is 10.1 Å². The van der Waals surface area contributed by atoms with Gasteiger partial charge in [-0.1, -0.05) is 0 Å². The van der Waals surface area contributed by atoms with Crippen molar-refractivity contribution < 1.29 is 22.7 Å². The Hall–Kier alpha value is -2.13. The van der Waals surface area contributed by atoms with Gasteiger partial charge in [0.25, 0.3) is 5.91 Å². The van der Waals surface area contributed by atoms with Gasteiger partial charge in [-0.3, -0.25) is 10.1 Å². The molecule has 3 rings (SSSR count). The van der Waals surface area contributed by atoms with E-state index in [-0.39, 0.29) is 42.8 Å². The van der Waals surface area contributed by atoms with Gasteiger partial charge in [0, 0.05) is 13.1 Å². The van der Waals surface area contributed by atoms with Gasteiger partial charge in [-0.05, 0) is 51.0 Å². The highest BCUT2D eigenvalue weighted by molar-refractivity contribution is 7.89. The predicted octanol–water partition coefficient (Wildman–Crippen LogP) is 0.836. The van der Waals surface area contributed by atoms with E-state index >= 15 is 0 Å². The molecule has 0 unspecified atom stereocenters. The van der Waals surface area contributed by atoms with Crippen molar-refractivity contribution in [3.8, 4) is 5.75 Å². The third kappa shape index (κ3) is 3.34. The number of imide groups is 1. The number of carbonyl (C=O) groups is 2. The molecule has 1 aromatic carbocycles. The summed E-state index contributed by atoms with van der Waals surface area (Å²) >= 11 is 0. The Labute approximate surface area is 146 Å². The Morgan fingerprint density at radius 1 is 1.12 bits per heavy atom. The van der Waals surface area contributed by atoms with E-state index in [4.69, 9.17) is 4.74 Å². The largest absolute Gasteiger partial charge is 0.491 e. The molecule has 3 amide bonds. The van der Waals surface area contributed by atoms with Gasteiger partial charge in [-0.25, -0.2) is 13.2 Å². The lowest BCUT2D eigenvalue weighted by Gasteiger charge is -2.36. The van der Waals surface area contributed by atoms with Crippen molar-refractivity contribution in [2.45, 2.75) is 43.2 Å². The standard InChI is InChI=1S/C16H21N3O5S/c1-11(2)24-12-3-5-13(6-4-12)25(22,23)19-9-7-16(8-10-19)14(20)17-15(21)18-16/h3-6,11H,7-10H2,1-2H3,(H2,17,18,20,21). The smallest absolute Gasteiger partial charge is 0.322 e. The van der Waals surface area contributed by atoms with Crippen LogP contribution in [0, 0.1) is 0 Å². The first-order chi connectivity index (χ1) is 11.7. The van der Waals surface area contributed by atoms with Crippen molar-refractivity contribution in [3.63, 3.8) is 0 Å². The normalized spacial score (nSPS) is 20.6. The summed E-state index contributed by atoms with van der Waals surface area (Å²) in [6.45, 7) is 4.12. The number of amides is 3. The quantitative estimate of drug-likeness (QED) is 0.767. The average Bonchev–Trinajstić information content (AvgIpc) is 2.81. The van der Waals surface area contributed by atoms with E-state index in [1.807, 2.05) is 13.8 Å². The van der Waals surface area contributed by atoms with E-state index in [1.54, 1.807) is 12.1 Å². The second kappa shape index (κ2) is 6.30. The molecule has 0 aromatic heterocycles. The third-order valence-electron chi connectivity index (χ3n) is 4.42. The van der Waals surface area contributed by atoms with Crippen LogP contribution in [-0.2, 0) is 14.8 Å². The van der Waals surface area contributed by atoms with Gasteiger partial charge in [0.1, 0.15) is 11.3 Å². The number of nitrogens with one attached hydrogen (secondary N) is 2. The number of hydrogen-bond acceptors (Lipinski definition) is 5. The highest BCUT2D eigenvalue weighted by Crippen LogP contribution is 2.29. The number of nitrogens with zero attached hydrogens (tertiary/aromatic N) is 1. The number of benzene rings is 1. The first-order valence-corrected chi connectivity index (χ1v) is 9.57. The topological polar surface area (TPSA) is 105 Å². The van der Waals surface area contributed by atoms with E-state index in [1.165, 1.54) is 16.4 Å². The average molecular weight is 367 g/mol.